The number of aromatic amines is 1. The van der Waals surface area contributed by atoms with Gasteiger partial charge >= 0.3 is 0 Å². The average molecular weight is 376 g/mol. The largest absolute Gasteiger partial charge is 0.354 e. The highest BCUT2D eigenvalue weighted by Gasteiger charge is 2.31. The Balaban J connectivity index is 1.56. The van der Waals surface area contributed by atoms with Crippen LogP contribution in [0.2, 0.25) is 0 Å². The van der Waals surface area contributed by atoms with Crippen molar-refractivity contribution in [1.29, 1.82) is 0 Å². The van der Waals surface area contributed by atoms with E-state index < -0.39 is 10.0 Å². The van der Waals surface area contributed by atoms with E-state index >= 15 is 0 Å². The van der Waals surface area contributed by atoms with Crippen LogP contribution >= 0.6 is 0 Å². The lowest BCUT2D eigenvalue weighted by molar-refractivity contribution is 0.432. The summed E-state index contributed by atoms with van der Waals surface area (Å²) in [7, 11) is -3.57. The Hall–Kier alpha value is -2.53. The van der Waals surface area contributed by atoms with Crippen LogP contribution in [0.4, 0.5) is 5.82 Å². The van der Waals surface area contributed by atoms with E-state index in [4.69, 9.17) is 0 Å². The fourth-order valence-corrected chi connectivity index (χ4v) is 5.10. The standard InChI is InChI=1S/C15H20N8O2S/c1-11-15(12(2)18-17-11)26(24,25)22-7-3-6-21(8-9-22)14-5-4-13-19-16-10-23(13)20-14/h4-5,10H,3,6-9H2,1-2H3,(H,17,18). The summed E-state index contributed by atoms with van der Waals surface area (Å²) in [6.07, 6.45) is 2.27. The summed E-state index contributed by atoms with van der Waals surface area (Å²) in [6.45, 7) is 5.60. The summed E-state index contributed by atoms with van der Waals surface area (Å²) in [5, 5.41) is 19.1. The lowest BCUT2D eigenvalue weighted by Crippen LogP contribution is -2.36. The molecule has 138 valence electrons. The fraction of sp³-hybridized carbons (Fsp3) is 0.467. The molecule has 1 fully saturated rings. The summed E-state index contributed by atoms with van der Waals surface area (Å²) in [5.74, 6) is 0.784. The second-order valence-electron chi connectivity index (χ2n) is 6.33. The third kappa shape index (κ3) is 2.82. The molecular formula is C15H20N8O2S. The van der Waals surface area contributed by atoms with E-state index in [1.807, 2.05) is 12.1 Å². The highest BCUT2D eigenvalue weighted by atomic mass is 32.2. The van der Waals surface area contributed by atoms with Crippen LogP contribution in [0.15, 0.2) is 23.4 Å². The van der Waals surface area contributed by atoms with E-state index in [1.165, 1.54) is 4.31 Å². The number of nitrogens with zero attached hydrogens (tertiary/aromatic N) is 7. The summed E-state index contributed by atoms with van der Waals surface area (Å²) >= 11 is 0. The van der Waals surface area contributed by atoms with Gasteiger partial charge in [0.15, 0.2) is 5.65 Å². The number of aryl methyl sites for hydroxylation is 2. The van der Waals surface area contributed by atoms with Gasteiger partial charge in [0, 0.05) is 26.2 Å². The van der Waals surface area contributed by atoms with Gasteiger partial charge in [-0.1, -0.05) is 0 Å². The Morgan fingerprint density at radius 1 is 1.12 bits per heavy atom. The number of rotatable bonds is 3. The predicted octanol–water partition coefficient (Wildman–Crippen LogP) is 0.365. The van der Waals surface area contributed by atoms with Crippen LogP contribution in [0.5, 0.6) is 0 Å². The second-order valence-corrected chi connectivity index (χ2v) is 8.21. The minimum absolute atomic E-state index is 0.287. The van der Waals surface area contributed by atoms with Crippen LogP contribution in [0.25, 0.3) is 5.65 Å². The van der Waals surface area contributed by atoms with Crippen LogP contribution in [0.1, 0.15) is 17.8 Å². The molecule has 0 bridgehead atoms. The molecule has 0 unspecified atom stereocenters. The van der Waals surface area contributed by atoms with Crippen molar-refractivity contribution >= 4 is 21.5 Å². The zero-order valence-electron chi connectivity index (χ0n) is 14.6. The van der Waals surface area contributed by atoms with E-state index in [0.717, 1.165) is 18.8 Å². The number of anilines is 1. The molecule has 0 saturated carbocycles. The summed E-state index contributed by atoms with van der Waals surface area (Å²) < 4.78 is 29.2. The van der Waals surface area contributed by atoms with Crippen molar-refractivity contribution in [3.63, 3.8) is 0 Å². The Morgan fingerprint density at radius 2 is 1.96 bits per heavy atom. The van der Waals surface area contributed by atoms with Gasteiger partial charge in [-0.25, -0.2) is 8.42 Å². The Bertz CT molecular complexity index is 1020. The first-order valence-electron chi connectivity index (χ1n) is 8.40. The molecule has 1 aliphatic rings. The van der Waals surface area contributed by atoms with Crippen LogP contribution in [-0.2, 0) is 10.0 Å². The molecule has 1 aliphatic heterocycles. The number of aromatic nitrogens is 6. The second kappa shape index (κ2) is 6.32. The van der Waals surface area contributed by atoms with E-state index in [1.54, 1.807) is 24.7 Å². The molecule has 0 spiro atoms. The van der Waals surface area contributed by atoms with Crippen molar-refractivity contribution in [1.82, 2.24) is 34.3 Å². The van der Waals surface area contributed by atoms with Crippen LogP contribution in [0.3, 0.4) is 0 Å². The maximum atomic E-state index is 13.0. The molecule has 4 heterocycles. The minimum Gasteiger partial charge on any atom is -0.354 e. The van der Waals surface area contributed by atoms with Gasteiger partial charge in [0.05, 0.1) is 11.4 Å². The van der Waals surface area contributed by atoms with Crippen molar-refractivity contribution < 1.29 is 8.42 Å². The maximum Gasteiger partial charge on any atom is 0.246 e. The van der Waals surface area contributed by atoms with Crippen LogP contribution in [0, 0.1) is 13.8 Å². The normalized spacial score (nSPS) is 16.9. The molecule has 0 amide bonds. The molecular weight excluding hydrogens is 356 g/mol. The van der Waals surface area contributed by atoms with Gasteiger partial charge in [-0.2, -0.15) is 13.9 Å². The smallest absolute Gasteiger partial charge is 0.246 e. The zero-order valence-corrected chi connectivity index (χ0v) is 15.4. The lowest BCUT2D eigenvalue weighted by Gasteiger charge is -2.22. The van der Waals surface area contributed by atoms with E-state index in [9.17, 15) is 8.42 Å². The van der Waals surface area contributed by atoms with Gasteiger partial charge < -0.3 is 4.90 Å². The molecule has 3 aromatic heterocycles. The molecule has 1 N–H and O–H groups in total. The first-order valence-corrected chi connectivity index (χ1v) is 9.84. The highest BCUT2D eigenvalue weighted by Crippen LogP contribution is 2.23. The molecule has 0 aliphatic carbocycles. The van der Waals surface area contributed by atoms with Gasteiger partial charge in [-0.3, -0.25) is 5.10 Å². The lowest BCUT2D eigenvalue weighted by atomic mass is 10.4. The molecule has 0 radical (unpaired) electrons. The first-order chi connectivity index (χ1) is 12.5. The number of hydrogen-bond donors (Lipinski definition) is 1. The summed E-state index contributed by atoms with van der Waals surface area (Å²) in [5.41, 5.74) is 1.75. The van der Waals surface area contributed by atoms with Crippen molar-refractivity contribution in [2.24, 2.45) is 0 Å². The van der Waals surface area contributed by atoms with Crippen LogP contribution in [-0.4, -0.2) is 68.9 Å². The van der Waals surface area contributed by atoms with E-state index in [0.29, 0.717) is 36.7 Å². The van der Waals surface area contributed by atoms with Crippen LogP contribution < -0.4 is 4.90 Å². The van der Waals surface area contributed by atoms with Gasteiger partial charge in [0.1, 0.15) is 17.0 Å². The monoisotopic (exact) mass is 376 g/mol. The third-order valence-electron chi connectivity index (χ3n) is 4.58. The zero-order chi connectivity index (χ0) is 18.3. The van der Waals surface area contributed by atoms with E-state index in [2.05, 4.69) is 30.4 Å². The quantitative estimate of drug-likeness (QED) is 0.702. The molecule has 3 aromatic rings. The van der Waals surface area contributed by atoms with Crippen molar-refractivity contribution in [3.8, 4) is 0 Å². The molecule has 26 heavy (non-hydrogen) atoms. The van der Waals surface area contributed by atoms with Crippen molar-refractivity contribution in [3.05, 3.63) is 29.8 Å². The van der Waals surface area contributed by atoms with Crippen molar-refractivity contribution in [2.45, 2.75) is 25.2 Å². The third-order valence-corrected chi connectivity index (χ3v) is 6.75. The fourth-order valence-electron chi connectivity index (χ4n) is 3.30. The predicted molar refractivity (Wildman–Crippen MR) is 94.4 cm³/mol. The highest BCUT2D eigenvalue weighted by molar-refractivity contribution is 7.89. The Kier molecular flexibility index (Phi) is 4.11. The van der Waals surface area contributed by atoms with Gasteiger partial charge in [0.25, 0.3) is 0 Å². The van der Waals surface area contributed by atoms with Gasteiger partial charge in [-0.05, 0) is 32.4 Å². The molecule has 11 heteroatoms. The number of H-pyrrole nitrogens is 1. The number of fused-ring (bicyclic) bond motifs is 1. The molecule has 0 aromatic carbocycles. The molecule has 10 nitrogen and oxygen atoms in total. The molecule has 0 atom stereocenters. The molecule has 1 saturated heterocycles. The topological polar surface area (TPSA) is 112 Å². The minimum atomic E-state index is -3.57. The number of hydrogen-bond acceptors (Lipinski definition) is 7. The first kappa shape index (κ1) is 16.9. The van der Waals surface area contributed by atoms with Crippen molar-refractivity contribution in [2.75, 3.05) is 31.1 Å². The van der Waals surface area contributed by atoms with Gasteiger partial charge in [0.2, 0.25) is 10.0 Å². The maximum absolute atomic E-state index is 13.0. The average Bonchev–Trinajstić information content (AvgIpc) is 3.11. The van der Waals surface area contributed by atoms with Gasteiger partial charge in [-0.15, -0.1) is 15.3 Å². The summed E-state index contributed by atoms with van der Waals surface area (Å²) in [4.78, 5) is 2.37. The number of nitrogens with one attached hydrogen (secondary N) is 1. The number of sulfonamides is 1. The summed E-state index contributed by atoms with van der Waals surface area (Å²) in [6, 6.07) is 3.74. The Morgan fingerprint density at radius 3 is 2.73 bits per heavy atom. The van der Waals surface area contributed by atoms with E-state index in [-0.39, 0.29) is 4.90 Å². The Labute approximate surface area is 150 Å². The SMILES string of the molecule is Cc1n[nH]c(C)c1S(=O)(=O)N1CCCN(c2ccc3nncn3n2)CC1. The molecule has 4 rings (SSSR count).